The number of benzene rings is 1. The highest BCUT2D eigenvalue weighted by Gasteiger charge is 2.15. The first-order chi connectivity index (χ1) is 11.3. The second-order valence-electron chi connectivity index (χ2n) is 5.45. The zero-order chi connectivity index (χ0) is 16.1. The maximum atomic E-state index is 12.2. The van der Waals surface area contributed by atoms with Gasteiger partial charge in [-0.3, -0.25) is 4.79 Å². The highest BCUT2D eigenvalue weighted by Crippen LogP contribution is 2.19. The number of ether oxygens (including phenoxy) is 1. The van der Waals surface area contributed by atoms with E-state index in [9.17, 15) is 4.79 Å². The molecule has 3 rings (SSSR count). The van der Waals surface area contributed by atoms with Crippen LogP contribution < -0.4 is 5.32 Å². The Labute approximate surface area is 134 Å². The van der Waals surface area contributed by atoms with E-state index in [1.165, 1.54) is 6.20 Å². The predicted molar refractivity (Wildman–Crippen MR) is 85.0 cm³/mol. The number of morpholine rings is 1. The van der Waals surface area contributed by atoms with E-state index in [0.717, 1.165) is 30.8 Å². The van der Waals surface area contributed by atoms with Crippen molar-refractivity contribution >= 4 is 5.78 Å². The number of nitrogens with one attached hydrogen (secondary N) is 1. The molecule has 116 valence electrons. The van der Waals surface area contributed by atoms with Gasteiger partial charge in [0, 0.05) is 31.3 Å². The van der Waals surface area contributed by atoms with Crippen molar-refractivity contribution in [3.8, 4) is 6.07 Å². The highest BCUT2D eigenvalue weighted by atomic mass is 16.5. The lowest BCUT2D eigenvalue weighted by molar-refractivity contribution is 0.0277. The Kier molecular flexibility index (Phi) is 4.77. The molecule has 0 radical (unpaired) electrons. The molecule has 5 heteroatoms. The minimum atomic E-state index is -0.00896. The van der Waals surface area contributed by atoms with E-state index in [-0.39, 0.29) is 11.9 Å². The Balaban J connectivity index is 1.65. The Bertz CT molecular complexity index is 711. The molecule has 0 saturated carbocycles. The summed E-state index contributed by atoms with van der Waals surface area (Å²) in [6.07, 6.45) is 1.85. The van der Waals surface area contributed by atoms with Gasteiger partial charge in [-0.1, -0.05) is 24.3 Å². The standard InChI is InChI=1S/C18H17N3O2/c19-10-16-6-5-15(11-21-16)17(22)9-13-1-3-14(4-2-13)18-12-20-7-8-23-18/h1-6,11,18,20H,7-9,12H2. The molecule has 1 atom stereocenters. The number of pyridine rings is 1. The van der Waals surface area contributed by atoms with Crippen LogP contribution in [0.5, 0.6) is 0 Å². The van der Waals surface area contributed by atoms with Gasteiger partial charge in [-0.25, -0.2) is 4.98 Å². The molecule has 1 aromatic carbocycles. The van der Waals surface area contributed by atoms with Crippen molar-refractivity contribution in [3.63, 3.8) is 0 Å². The van der Waals surface area contributed by atoms with E-state index in [1.807, 2.05) is 30.3 Å². The maximum Gasteiger partial charge on any atom is 0.168 e. The van der Waals surface area contributed by atoms with E-state index < -0.39 is 0 Å². The lowest BCUT2D eigenvalue weighted by Crippen LogP contribution is -2.33. The third kappa shape index (κ3) is 3.81. The van der Waals surface area contributed by atoms with Crippen LogP contribution in [0.25, 0.3) is 0 Å². The molecule has 1 saturated heterocycles. The summed E-state index contributed by atoms with van der Waals surface area (Å²) in [6, 6.07) is 13.1. The average molecular weight is 307 g/mol. The summed E-state index contributed by atoms with van der Waals surface area (Å²) in [5.74, 6) is -0.00896. The Hall–Kier alpha value is -2.55. The fourth-order valence-electron chi connectivity index (χ4n) is 2.54. The summed E-state index contributed by atoms with van der Waals surface area (Å²) < 4.78 is 5.71. The smallest absolute Gasteiger partial charge is 0.168 e. The van der Waals surface area contributed by atoms with E-state index in [4.69, 9.17) is 10.00 Å². The number of aromatic nitrogens is 1. The van der Waals surface area contributed by atoms with E-state index in [0.29, 0.717) is 17.7 Å². The third-order valence-corrected chi connectivity index (χ3v) is 3.84. The minimum absolute atomic E-state index is 0.00896. The Morgan fingerprint density at radius 1 is 1.30 bits per heavy atom. The molecule has 1 fully saturated rings. The minimum Gasteiger partial charge on any atom is -0.371 e. The van der Waals surface area contributed by atoms with Gasteiger partial charge in [0.05, 0.1) is 12.7 Å². The van der Waals surface area contributed by atoms with Gasteiger partial charge in [-0.2, -0.15) is 5.26 Å². The number of Topliss-reactive ketones (excluding diaryl/α,β-unsaturated/α-hetero) is 1. The number of hydrogen-bond acceptors (Lipinski definition) is 5. The number of carbonyl (C=O) groups is 1. The van der Waals surface area contributed by atoms with Crippen molar-refractivity contribution in [2.24, 2.45) is 0 Å². The average Bonchev–Trinajstić information content (AvgIpc) is 2.63. The second kappa shape index (κ2) is 7.14. The number of rotatable bonds is 4. The molecular weight excluding hydrogens is 290 g/mol. The van der Waals surface area contributed by atoms with Gasteiger partial charge in [-0.15, -0.1) is 0 Å². The molecular formula is C18H17N3O2. The van der Waals surface area contributed by atoms with Crippen LogP contribution in [0.2, 0.25) is 0 Å². The van der Waals surface area contributed by atoms with Gasteiger partial charge in [0.1, 0.15) is 11.8 Å². The summed E-state index contributed by atoms with van der Waals surface area (Å²) in [7, 11) is 0. The van der Waals surface area contributed by atoms with Crippen molar-refractivity contribution in [1.29, 1.82) is 5.26 Å². The van der Waals surface area contributed by atoms with Gasteiger partial charge in [0.25, 0.3) is 0 Å². The normalized spacial score (nSPS) is 17.4. The van der Waals surface area contributed by atoms with Crippen LogP contribution in [0.15, 0.2) is 42.6 Å². The number of carbonyl (C=O) groups excluding carboxylic acids is 1. The van der Waals surface area contributed by atoms with Crippen molar-refractivity contribution in [1.82, 2.24) is 10.3 Å². The first-order valence-corrected chi connectivity index (χ1v) is 7.57. The predicted octanol–water partition coefficient (Wildman–Crippen LogP) is 2.04. The van der Waals surface area contributed by atoms with E-state index >= 15 is 0 Å². The first-order valence-electron chi connectivity index (χ1n) is 7.57. The molecule has 23 heavy (non-hydrogen) atoms. The summed E-state index contributed by atoms with van der Waals surface area (Å²) in [5, 5.41) is 12.0. The van der Waals surface area contributed by atoms with Crippen LogP contribution >= 0.6 is 0 Å². The lowest BCUT2D eigenvalue weighted by Gasteiger charge is -2.24. The highest BCUT2D eigenvalue weighted by molar-refractivity contribution is 5.97. The largest absolute Gasteiger partial charge is 0.371 e. The molecule has 0 spiro atoms. The number of ketones is 1. The summed E-state index contributed by atoms with van der Waals surface area (Å²) in [4.78, 5) is 16.2. The van der Waals surface area contributed by atoms with Crippen molar-refractivity contribution in [2.75, 3.05) is 19.7 Å². The van der Waals surface area contributed by atoms with Crippen LogP contribution in [0.1, 0.15) is 33.3 Å². The Morgan fingerprint density at radius 3 is 2.74 bits per heavy atom. The zero-order valence-corrected chi connectivity index (χ0v) is 12.7. The maximum absolute atomic E-state index is 12.2. The topological polar surface area (TPSA) is 75.0 Å². The number of nitriles is 1. The third-order valence-electron chi connectivity index (χ3n) is 3.84. The number of nitrogens with zero attached hydrogens (tertiary/aromatic N) is 2. The van der Waals surface area contributed by atoms with Gasteiger partial charge in [-0.05, 0) is 23.3 Å². The Morgan fingerprint density at radius 2 is 2.13 bits per heavy atom. The molecule has 0 aliphatic carbocycles. The first kappa shape index (κ1) is 15.3. The zero-order valence-electron chi connectivity index (χ0n) is 12.7. The monoisotopic (exact) mass is 307 g/mol. The molecule has 1 aromatic heterocycles. The van der Waals surface area contributed by atoms with Crippen molar-refractivity contribution < 1.29 is 9.53 Å². The van der Waals surface area contributed by atoms with Crippen LogP contribution in [0.3, 0.4) is 0 Å². The molecule has 1 aliphatic heterocycles. The van der Waals surface area contributed by atoms with Crippen LogP contribution in [0, 0.1) is 11.3 Å². The molecule has 1 unspecified atom stereocenters. The van der Waals surface area contributed by atoms with Gasteiger partial charge >= 0.3 is 0 Å². The SMILES string of the molecule is N#Cc1ccc(C(=O)Cc2ccc(C3CNCCO3)cc2)cn1. The quantitative estimate of drug-likeness (QED) is 0.875. The molecule has 0 bridgehead atoms. The summed E-state index contributed by atoms with van der Waals surface area (Å²) >= 11 is 0. The van der Waals surface area contributed by atoms with E-state index in [1.54, 1.807) is 12.1 Å². The van der Waals surface area contributed by atoms with Gasteiger partial charge in [0.2, 0.25) is 0 Å². The van der Waals surface area contributed by atoms with Gasteiger partial charge in [0.15, 0.2) is 5.78 Å². The molecule has 5 nitrogen and oxygen atoms in total. The number of hydrogen-bond donors (Lipinski definition) is 1. The molecule has 2 heterocycles. The van der Waals surface area contributed by atoms with E-state index in [2.05, 4.69) is 10.3 Å². The summed E-state index contributed by atoms with van der Waals surface area (Å²) in [5.41, 5.74) is 2.90. The van der Waals surface area contributed by atoms with Crippen LogP contribution in [0.4, 0.5) is 0 Å². The second-order valence-corrected chi connectivity index (χ2v) is 5.45. The molecule has 1 N–H and O–H groups in total. The molecule has 1 aliphatic rings. The van der Waals surface area contributed by atoms with Crippen molar-refractivity contribution in [2.45, 2.75) is 12.5 Å². The lowest BCUT2D eigenvalue weighted by atomic mass is 10.0. The fourth-order valence-corrected chi connectivity index (χ4v) is 2.54. The molecule has 0 amide bonds. The fraction of sp³-hybridized carbons (Fsp3) is 0.278. The van der Waals surface area contributed by atoms with Crippen LogP contribution in [-0.2, 0) is 11.2 Å². The summed E-state index contributed by atoms with van der Waals surface area (Å²) in [6.45, 7) is 2.42. The van der Waals surface area contributed by atoms with Crippen LogP contribution in [-0.4, -0.2) is 30.5 Å². The molecule has 2 aromatic rings. The van der Waals surface area contributed by atoms with Crippen molar-refractivity contribution in [3.05, 3.63) is 65.0 Å². The van der Waals surface area contributed by atoms with Gasteiger partial charge < -0.3 is 10.1 Å².